The van der Waals surface area contributed by atoms with Crippen molar-refractivity contribution in [1.82, 2.24) is 0 Å². The first-order valence-electron chi connectivity index (χ1n) is 13.5. The Bertz CT molecular complexity index is 2000. The fraction of sp³-hybridized carbons (Fsp3) is 0. The summed E-state index contributed by atoms with van der Waals surface area (Å²) in [5, 5.41) is 4.09. The molecule has 0 spiro atoms. The van der Waals surface area contributed by atoms with Crippen molar-refractivity contribution in [3.8, 4) is 44.5 Å². The summed E-state index contributed by atoms with van der Waals surface area (Å²) in [6.07, 6.45) is 0. The predicted octanol–water partition coefficient (Wildman–Crippen LogP) is 11.9. The van der Waals surface area contributed by atoms with E-state index in [0.29, 0.717) is 0 Å². The lowest BCUT2D eigenvalue weighted by molar-refractivity contribution is 1.60. The summed E-state index contributed by atoms with van der Waals surface area (Å²) in [7, 11) is 0. The van der Waals surface area contributed by atoms with Gasteiger partial charge in [-0.15, -0.1) is 22.7 Å². The van der Waals surface area contributed by atoms with Gasteiger partial charge in [0.2, 0.25) is 0 Å². The van der Waals surface area contributed by atoms with Gasteiger partial charge in [0.05, 0.1) is 4.01 Å². The number of hydrogen-bond acceptors (Lipinski definition) is 2. The smallest absolute Gasteiger partial charge is 0.0890 e. The Labute approximate surface area is 241 Å². The fourth-order valence-electron chi connectivity index (χ4n) is 5.69. The number of fused-ring (bicyclic) bond motifs is 5. The highest BCUT2D eigenvalue weighted by atomic mass is 32.2. The van der Waals surface area contributed by atoms with E-state index in [4.69, 9.17) is 0 Å². The van der Waals surface area contributed by atoms with Crippen LogP contribution >= 0.6 is 22.7 Å². The number of hydrogen-bond donors (Lipinski definition) is 0. The second-order valence-electron chi connectivity index (χ2n) is 10.2. The maximum absolute atomic E-state index is 2.40. The molecule has 2 heteroatoms. The summed E-state index contributed by atoms with van der Waals surface area (Å²) in [6.45, 7) is 0. The van der Waals surface area contributed by atoms with Crippen molar-refractivity contribution in [1.29, 1.82) is 0 Å². The average molecular weight is 545 g/mol. The summed E-state index contributed by atoms with van der Waals surface area (Å²) in [5.41, 5.74) is 10.0. The lowest BCUT2D eigenvalue weighted by Crippen LogP contribution is -1.82. The number of rotatable bonds is 4. The standard InChI is InChI=1S/C38H24S2/c1-3-9-25(10-4-1)27-13-7-15-29(21-27)31-17-19-35-33(23-31)37-34-24-32(18-20-36(34)40-38(37)39-35)30-16-8-14-28(22-30)26-11-5-2-6-12-26/h1-24H. The van der Waals surface area contributed by atoms with Crippen molar-refractivity contribution in [2.45, 2.75) is 0 Å². The number of benzene rings is 6. The van der Waals surface area contributed by atoms with Crippen LogP contribution in [0.25, 0.3) is 74.1 Å². The van der Waals surface area contributed by atoms with Crippen LogP contribution in [0.4, 0.5) is 0 Å². The molecule has 0 aliphatic heterocycles. The molecule has 0 unspecified atom stereocenters. The van der Waals surface area contributed by atoms with Crippen molar-refractivity contribution < 1.29 is 0 Å². The van der Waals surface area contributed by atoms with Gasteiger partial charge in [-0.05, 0) is 80.9 Å². The van der Waals surface area contributed by atoms with E-state index in [2.05, 4.69) is 146 Å². The Morgan fingerprint density at radius 2 is 0.675 bits per heavy atom. The predicted molar refractivity (Wildman–Crippen MR) is 176 cm³/mol. The van der Waals surface area contributed by atoms with Gasteiger partial charge >= 0.3 is 0 Å². The molecule has 0 atom stereocenters. The molecule has 2 heterocycles. The molecule has 0 saturated heterocycles. The molecule has 2 aromatic heterocycles. The second-order valence-corrected chi connectivity index (χ2v) is 12.5. The van der Waals surface area contributed by atoms with Crippen LogP contribution in [0.2, 0.25) is 0 Å². The summed E-state index contributed by atoms with van der Waals surface area (Å²) in [5.74, 6) is 0. The van der Waals surface area contributed by atoms with Crippen molar-refractivity contribution in [2.75, 3.05) is 0 Å². The van der Waals surface area contributed by atoms with E-state index in [-0.39, 0.29) is 0 Å². The number of thiophene rings is 2. The lowest BCUT2D eigenvalue weighted by Gasteiger charge is -2.07. The maximum Gasteiger partial charge on any atom is 0.0890 e. The van der Waals surface area contributed by atoms with Gasteiger partial charge in [-0.25, -0.2) is 0 Å². The molecule has 0 radical (unpaired) electrons. The minimum absolute atomic E-state index is 1.25. The molecule has 0 fully saturated rings. The van der Waals surface area contributed by atoms with E-state index in [1.807, 2.05) is 22.7 Å². The molecule has 188 valence electrons. The molecule has 0 nitrogen and oxygen atoms in total. The Morgan fingerprint density at radius 1 is 0.300 bits per heavy atom. The van der Waals surface area contributed by atoms with E-state index in [1.165, 1.54) is 74.1 Å². The second kappa shape index (κ2) is 9.60. The van der Waals surface area contributed by atoms with Gasteiger partial charge in [0, 0.05) is 25.6 Å². The highest BCUT2D eigenvalue weighted by Crippen LogP contribution is 2.46. The summed E-state index contributed by atoms with van der Waals surface area (Å²) < 4.78 is 4.10. The van der Waals surface area contributed by atoms with Crippen LogP contribution in [0.5, 0.6) is 0 Å². The van der Waals surface area contributed by atoms with Gasteiger partial charge in [-0.1, -0.05) is 109 Å². The SMILES string of the molecule is c1ccc(-c2cccc(-c3ccc4sc5sc6ccc(-c7cccc(-c8ccccc8)c7)cc6c5c4c3)c2)cc1. The van der Waals surface area contributed by atoms with E-state index in [0.717, 1.165) is 0 Å². The largest absolute Gasteiger partial charge is 0.124 e. The monoisotopic (exact) mass is 544 g/mol. The topological polar surface area (TPSA) is 0 Å². The molecule has 0 aliphatic rings. The van der Waals surface area contributed by atoms with Crippen LogP contribution < -0.4 is 0 Å². The normalized spacial score (nSPS) is 11.5. The highest BCUT2D eigenvalue weighted by molar-refractivity contribution is 7.44. The Kier molecular flexibility index (Phi) is 5.62. The molecule has 0 saturated carbocycles. The summed E-state index contributed by atoms with van der Waals surface area (Å²) in [4.78, 5) is 0. The zero-order chi connectivity index (χ0) is 26.5. The van der Waals surface area contributed by atoms with Gasteiger partial charge in [-0.2, -0.15) is 0 Å². The third-order valence-electron chi connectivity index (χ3n) is 7.71. The van der Waals surface area contributed by atoms with Crippen LogP contribution in [0.3, 0.4) is 0 Å². The van der Waals surface area contributed by atoms with Crippen LogP contribution in [-0.2, 0) is 0 Å². The van der Waals surface area contributed by atoms with Gasteiger partial charge in [0.25, 0.3) is 0 Å². The molecule has 0 aliphatic carbocycles. The van der Waals surface area contributed by atoms with E-state index in [9.17, 15) is 0 Å². The van der Waals surface area contributed by atoms with Crippen molar-refractivity contribution in [2.24, 2.45) is 0 Å². The van der Waals surface area contributed by atoms with Gasteiger partial charge < -0.3 is 0 Å². The molecular weight excluding hydrogens is 521 g/mol. The van der Waals surface area contributed by atoms with Crippen molar-refractivity contribution in [3.63, 3.8) is 0 Å². The van der Waals surface area contributed by atoms with Gasteiger partial charge in [0.1, 0.15) is 0 Å². The van der Waals surface area contributed by atoms with Crippen LogP contribution in [0.1, 0.15) is 0 Å². The Hall–Kier alpha value is -4.50. The first kappa shape index (κ1) is 23.4. The van der Waals surface area contributed by atoms with Crippen LogP contribution in [0.15, 0.2) is 146 Å². The van der Waals surface area contributed by atoms with E-state index in [1.54, 1.807) is 0 Å². The highest BCUT2D eigenvalue weighted by Gasteiger charge is 2.15. The zero-order valence-electron chi connectivity index (χ0n) is 21.7. The summed E-state index contributed by atoms with van der Waals surface area (Å²) in [6, 6.07) is 53.0. The summed E-state index contributed by atoms with van der Waals surface area (Å²) >= 11 is 3.82. The van der Waals surface area contributed by atoms with Gasteiger partial charge in [0.15, 0.2) is 0 Å². The van der Waals surface area contributed by atoms with Crippen LogP contribution in [-0.4, -0.2) is 0 Å². The molecule has 0 amide bonds. The molecular formula is C38H24S2. The van der Waals surface area contributed by atoms with Crippen molar-refractivity contribution >= 4 is 52.2 Å². The molecule has 0 N–H and O–H groups in total. The first-order chi connectivity index (χ1) is 19.8. The minimum Gasteiger partial charge on any atom is -0.124 e. The third-order valence-corrected chi connectivity index (χ3v) is 10.1. The van der Waals surface area contributed by atoms with E-state index < -0.39 is 0 Å². The minimum atomic E-state index is 1.25. The quantitative estimate of drug-likeness (QED) is 0.207. The molecule has 0 bridgehead atoms. The average Bonchev–Trinajstić information content (AvgIpc) is 3.57. The Balaban J connectivity index is 1.25. The first-order valence-corrected chi connectivity index (χ1v) is 15.1. The van der Waals surface area contributed by atoms with Crippen molar-refractivity contribution in [3.05, 3.63) is 146 Å². The molecule has 8 rings (SSSR count). The zero-order valence-corrected chi connectivity index (χ0v) is 23.3. The molecule has 8 aromatic rings. The fourth-order valence-corrected chi connectivity index (χ4v) is 8.26. The van der Waals surface area contributed by atoms with Gasteiger partial charge in [-0.3, -0.25) is 0 Å². The van der Waals surface area contributed by atoms with E-state index >= 15 is 0 Å². The maximum atomic E-state index is 2.40. The lowest BCUT2D eigenvalue weighted by atomic mass is 9.97. The Morgan fingerprint density at radius 3 is 1.12 bits per heavy atom. The molecule has 40 heavy (non-hydrogen) atoms. The van der Waals surface area contributed by atoms with Crippen LogP contribution in [0, 0.1) is 0 Å². The third kappa shape index (κ3) is 4.05. The molecule has 6 aromatic carbocycles.